The minimum absolute atomic E-state index is 0.0944. The highest BCUT2D eigenvalue weighted by Crippen LogP contribution is 2.38. The highest BCUT2D eigenvalue weighted by molar-refractivity contribution is 6.33. The lowest BCUT2D eigenvalue weighted by molar-refractivity contribution is -0.131. The summed E-state index contributed by atoms with van der Waals surface area (Å²) in [6.07, 6.45) is 3.44. The first kappa shape index (κ1) is 16.3. The summed E-state index contributed by atoms with van der Waals surface area (Å²) in [5.41, 5.74) is 1.82. The molecular weight excluding hydrogens is 304 g/mol. The lowest BCUT2D eigenvalue weighted by atomic mass is 9.97. The first-order chi connectivity index (χ1) is 10.6. The van der Waals surface area contributed by atoms with E-state index in [1.54, 1.807) is 13.2 Å². The van der Waals surface area contributed by atoms with E-state index in [0.29, 0.717) is 10.8 Å². The lowest BCUT2D eigenvalue weighted by Crippen LogP contribution is -2.02. The van der Waals surface area contributed by atoms with E-state index in [9.17, 15) is 4.79 Å². The van der Waals surface area contributed by atoms with Crippen molar-refractivity contribution in [1.29, 1.82) is 0 Å². The minimum Gasteiger partial charge on any atom is -0.478 e. The normalized spacial score (nSPS) is 11.2. The lowest BCUT2D eigenvalue weighted by Gasteiger charge is -2.15. The number of aliphatic carboxylic acids is 1. The van der Waals surface area contributed by atoms with Gasteiger partial charge in [0.15, 0.2) is 6.79 Å². The molecule has 0 aliphatic heterocycles. The molecule has 0 amide bonds. The van der Waals surface area contributed by atoms with E-state index in [2.05, 4.69) is 0 Å². The predicted octanol–water partition coefficient (Wildman–Crippen LogP) is 4.14. The standard InChI is InChI=1S/C17H17ClO4/c1-3-11-5-4-6-13-12(7-8-15(19)20)9-14(18)17(16(11)13)22-10-21-2/h4-9H,3,10H2,1-2H3,(H,19,20)/b8-7-. The molecule has 0 aliphatic rings. The Morgan fingerprint density at radius 2 is 2.18 bits per heavy atom. The van der Waals surface area contributed by atoms with Crippen molar-refractivity contribution in [1.82, 2.24) is 0 Å². The van der Waals surface area contributed by atoms with Crippen LogP contribution in [0.3, 0.4) is 0 Å². The number of ether oxygens (including phenoxy) is 2. The van der Waals surface area contributed by atoms with Gasteiger partial charge in [-0.15, -0.1) is 0 Å². The number of rotatable bonds is 6. The molecule has 116 valence electrons. The molecule has 0 saturated heterocycles. The summed E-state index contributed by atoms with van der Waals surface area (Å²) in [4.78, 5) is 10.8. The zero-order valence-corrected chi connectivity index (χ0v) is 13.2. The van der Waals surface area contributed by atoms with E-state index in [0.717, 1.165) is 34.4 Å². The number of hydrogen-bond acceptors (Lipinski definition) is 3. The van der Waals surface area contributed by atoms with Gasteiger partial charge in [0.05, 0.1) is 5.02 Å². The zero-order chi connectivity index (χ0) is 16.1. The van der Waals surface area contributed by atoms with Crippen LogP contribution in [0.15, 0.2) is 30.3 Å². The number of hydrogen-bond donors (Lipinski definition) is 1. The predicted molar refractivity (Wildman–Crippen MR) is 87.5 cm³/mol. The summed E-state index contributed by atoms with van der Waals surface area (Å²) in [6, 6.07) is 7.57. The molecule has 2 aromatic rings. The fourth-order valence-electron chi connectivity index (χ4n) is 2.36. The van der Waals surface area contributed by atoms with Gasteiger partial charge in [-0.25, -0.2) is 4.79 Å². The van der Waals surface area contributed by atoms with Crippen LogP contribution in [0.4, 0.5) is 0 Å². The summed E-state index contributed by atoms with van der Waals surface area (Å²) in [5, 5.41) is 11.0. The number of fused-ring (bicyclic) bond motifs is 1. The molecule has 0 radical (unpaired) electrons. The van der Waals surface area contributed by atoms with Crippen LogP contribution in [0.25, 0.3) is 16.8 Å². The first-order valence-corrected chi connectivity index (χ1v) is 7.23. The van der Waals surface area contributed by atoms with Crippen molar-refractivity contribution in [3.05, 3.63) is 46.5 Å². The molecule has 0 heterocycles. The average Bonchev–Trinajstić information content (AvgIpc) is 2.51. The number of methoxy groups -OCH3 is 1. The second-order valence-electron chi connectivity index (χ2n) is 4.69. The van der Waals surface area contributed by atoms with Gasteiger partial charge in [0.1, 0.15) is 5.75 Å². The molecule has 0 unspecified atom stereocenters. The van der Waals surface area contributed by atoms with Crippen molar-refractivity contribution in [3.63, 3.8) is 0 Å². The third-order valence-electron chi connectivity index (χ3n) is 3.30. The Balaban J connectivity index is 2.73. The molecular formula is C17H17ClO4. The molecule has 5 heteroatoms. The Labute approximate surface area is 133 Å². The highest BCUT2D eigenvalue weighted by atomic mass is 35.5. The second-order valence-corrected chi connectivity index (χ2v) is 5.10. The van der Waals surface area contributed by atoms with E-state index in [4.69, 9.17) is 26.2 Å². The number of carboxylic acid groups (broad SMARTS) is 1. The summed E-state index contributed by atoms with van der Waals surface area (Å²) < 4.78 is 10.6. The van der Waals surface area contributed by atoms with Gasteiger partial charge in [-0.05, 0) is 35.1 Å². The fraction of sp³-hybridized carbons (Fsp3) is 0.235. The number of benzene rings is 2. The molecule has 0 spiro atoms. The van der Waals surface area contributed by atoms with Gasteiger partial charge in [0.25, 0.3) is 0 Å². The maximum atomic E-state index is 10.8. The van der Waals surface area contributed by atoms with Crippen molar-refractivity contribution >= 4 is 34.4 Å². The van der Waals surface area contributed by atoms with E-state index >= 15 is 0 Å². The van der Waals surface area contributed by atoms with Crippen LogP contribution in [0.1, 0.15) is 18.1 Å². The van der Waals surface area contributed by atoms with Crippen molar-refractivity contribution in [2.75, 3.05) is 13.9 Å². The maximum absolute atomic E-state index is 10.8. The van der Waals surface area contributed by atoms with E-state index in [1.807, 2.05) is 25.1 Å². The Morgan fingerprint density at radius 1 is 1.41 bits per heavy atom. The molecule has 0 atom stereocenters. The average molecular weight is 321 g/mol. The molecule has 0 bridgehead atoms. The fourth-order valence-corrected chi connectivity index (χ4v) is 2.63. The van der Waals surface area contributed by atoms with Crippen molar-refractivity contribution < 1.29 is 19.4 Å². The molecule has 0 saturated carbocycles. The number of carbonyl (C=O) groups is 1. The SMILES string of the molecule is CCc1cccc2c(/C=C\C(=O)O)cc(Cl)c(OCOC)c12. The van der Waals surface area contributed by atoms with E-state index in [-0.39, 0.29) is 6.79 Å². The summed E-state index contributed by atoms with van der Waals surface area (Å²) >= 11 is 6.33. The molecule has 22 heavy (non-hydrogen) atoms. The van der Waals surface area contributed by atoms with Crippen LogP contribution in [0.2, 0.25) is 5.02 Å². The van der Waals surface area contributed by atoms with Gasteiger partial charge in [0.2, 0.25) is 0 Å². The van der Waals surface area contributed by atoms with E-state index < -0.39 is 5.97 Å². The Morgan fingerprint density at radius 3 is 2.82 bits per heavy atom. The molecule has 2 aromatic carbocycles. The Kier molecular flexibility index (Phi) is 5.41. The van der Waals surface area contributed by atoms with Gasteiger partial charge in [0, 0.05) is 18.6 Å². The molecule has 2 rings (SSSR count). The molecule has 4 nitrogen and oxygen atoms in total. The molecule has 0 fully saturated rings. The topological polar surface area (TPSA) is 55.8 Å². The highest BCUT2D eigenvalue weighted by Gasteiger charge is 2.14. The van der Waals surface area contributed by atoms with Crippen LogP contribution in [-0.2, 0) is 16.0 Å². The van der Waals surface area contributed by atoms with Crippen LogP contribution >= 0.6 is 11.6 Å². The largest absolute Gasteiger partial charge is 0.478 e. The summed E-state index contributed by atoms with van der Waals surface area (Å²) in [5.74, 6) is -0.445. The quantitative estimate of drug-likeness (QED) is 0.642. The van der Waals surface area contributed by atoms with Crippen molar-refractivity contribution in [2.45, 2.75) is 13.3 Å². The molecule has 0 aliphatic carbocycles. The van der Waals surface area contributed by atoms with Gasteiger partial charge in [-0.3, -0.25) is 0 Å². The maximum Gasteiger partial charge on any atom is 0.328 e. The molecule has 1 N–H and O–H groups in total. The number of carboxylic acids is 1. The van der Waals surface area contributed by atoms with Crippen LogP contribution in [0.5, 0.6) is 5.75 Å². The monoisotopic (exact) mass is 320 g/mol. The van der Waals surface area contributed by atoms with Crippen LogP contribution in [-0.4, -0.2) is 25.0 Å². The number of aryl methyl sites for hydroxylation is 1. The van der Waals surface area contributed by atoms with Gasteiger partial charge >= 0.3 is 5.97 Å². The van der Waals surface area contributed by atoms with Crippen molar-refractivity contribution in [3.8, 4) is 5.75 Å². The van der Waals surface area contributed by atoms with Gasteiger partial charge < -0.3 is 14.6 Å². The first-order valence-electron chi connectivity index (χ1n) is 6.85. The van der Waals surface area contributed by atoms with Crippen molar-refractivity contribution in [2.24, 2.45) is 0 Å². The summed E-state index contributed by atoms with van der Waals surface area (Å²) in [6.45, 7) is 2.14. The van der Waals surface area contributed by atoms with Gasteiger partial charge in [-0.1, -0.05) is 36.7 Å². The summed E-state index contributed by atoms with van der Waals surface area (Å²) in [7, 11) is 1.54. The third-order valence-corrected chi connectivity index (χ3v) is 3.58. The van der Waals surface area contributed by atoms with Gasteiger partial charge in [-0.2, -0.15) is 0 Å². The molecule has 0 aromatic heterocycles. The van der Waals surface area contributed by atoms with Crippen LogP contribution < -0.4 is 4.74 Å². The van der Waals surface area contributed by atoms with E-state index in [1.165, 1.54) is 6.08 Å². The van der Waals surface area contributed by atoms with Crippen LogP contribution in [0, 0.1) is 0 Å². The minimum atomic E-state index is -1.00. The number of halogens is 1. The zero-order valence-electron chi connectivity index (χ0n) is 12.4. The smallest absolute Gasteiger partial charge is 0.328 e. The third kappa shape index (κ3) is 3.40. The Hall–Kier alpha value is -2.04. The Bertz CT molecular complexity index is 722. The second kappa shape index (κ2) is 7.29.